The number of nitrogens with zero attached hydrogens (tertiary/aromatic N) is 3. The van der Waals surface area contributed by atoms with Crippen LogP contribution in [0.1, 0.15) is 35.1 Å². The second-order valence-electron chi connectivity index (χ2n) is 7.79. The number of carbonyl (C=O) groups excluding carboxylic acids is 1. The van der Waals surface area contributed by atoms with Crippen molar-refractivity contribution in [1.29, 1.82) is 0 Å². The molecule has 1 fully saturated rings. The maximum Gasteiger partial charge on any atom is 0.355 e. The number of rotatable bonds is 9. The van der Waals surface area contributed by atoms with Crippen LogP contribution >= 0.6 is 11.3 Å². The zero-order chi connectivity index (χ0) is 25.2. The molecule has 2 heterocycles. The van der Waals surface area contributed by atoms with Crippen molar-refractivity contribution in [3.8, 4) is 16.5 Å². The van der Waals surface area contributed by atoms with Gasteiger partial charge in [0.15, 0.2) is 5.01 Å². The van der Waals surface area contributed by atoms with Gasteiger partial charge in [-0.05, 0) is 24.6 Å². The van der Waals surface area contributed by atoms with Gasteiger partial charge in [-0.2, -0.15) is 8.78 Å². The number of hydrogen-bond acceptors (Lipinski definition) is 9. The molecule has 1 aromatic carbocycles. The predicted molar refractivity (Wildman–Crippen MR) is 124 cm³/mol. The van der Waals surface area contributed by atoms with E-state index in [4.69, 9.17) is 4.74 Å². The number of nitrogens with one attached hydrogen (secondary N) is 2. The lowest BCUT2D eigenvalue weighted by atomic mass is 9.69. The molecule has 0 aliphatic heterocycles. The number of hydrogen-bond donors (Lipinski definition) is 3. The Bertz CT molecular complexity index is 1330. The van der Waals surface area contributed by atoms with Crippen molar-refractivity contribution >= 4 is 33.0 Å². The molecule has 3 N–H and O–H groups in total. The van der Waals surface area contributed by atoms with E-state index in [1.54, 1.807) is 6.07 Å². The van der Waals surface area contributed by atoms with Gasteiger partial charge in [0.05, 0.1) is 35.5 Å². The normalized spacial score (nSPS) is 19.7. The summed E-state index contributed by atoms with van der Waals surface area (Å²) in [4.78, 5) is 26.2. The molecule has 0 bridgehead atoms. The highest BCUT2D eigenvalue weighted by Crippen LogP contribution is 2.43. The second kappa shape index (κ2) is 9.79. The summed E-state index contributed by atoms with van der Waals surface area (Å²) in [6.07, 6.45) is 4.10. The van der Waals surface area contributed by atoms with Gasteiger partial charge < -0.3 is 15.2 Å². The first kappa shape index (κ1) is 24.9. The standard InChI is InChI=1S/C21H21F2N5O5S2/c1-2-33-17-11-24-9-15(26-17)16-10-25-19(34-16)18(30)27-21(7-14(29)8-21)12-4-3-5-13(6-12)28-35(31,32)20(22)23/h3-6,9-11,14,20,28-29H,2,7-8H2,1H3,(H,27,30). The van der Waals surface area contributed by atoms with Gasteiger partial charge >= 0.3 is 5.76 Å². The number of halogens is 2. The highest BCUT2D eigenvalue weighted by atomic mass is 32.2. The van der Waals surface area contributed by atoms with E-state index in [1.165, 1.54) is 36.8 Å². The minimum Gasteiger partial charge on any atom is -0.477 e. The third kappa shape index (κ3) is 5.39. The monoisotopic (exact) mass is 525 g/mol. The Kier molecular flexibility index (Phi) is 6.96. The van der Waals surface area contributed by atoms with Crippen LogP contribution in [0.4, 0.5) is 14.5 Å². The number of amides is 1. The van der Waals surface area contributed by atoms with Crippen molar-refractivity contribution in [3.05, 3.63) is 53.4 Å². The van der Waals surface area contributed by atoms with Crippen molar-refractivity contribution in [3.63, 3.8) is 0 Å². The van der Waals surface area contributed by atoms with Gasteiger partial charge in [0, 0.05) is 24.7 Å². The summed E-state index contributed by atoms with van der Waals surface area (Å²) >= 11 is 1.09. The number of ether oxygens (including phenoxy) is 1. The lowest BCUT2D eigenvalue weighted by molar-refractivity contribution is 0.00101. The molecule has 0 unspecified atom stereocenters. The molecule has 2 aromatic heterocycles. The number of aliphatic hydroxyl groups is 1. The van der Waals surface area contributed by atoms with Crippen LogP contribution in [0.3, 0.4) is 0 Å². The molecule has 0 spiro atoms. The molecular formula is C21H21F2N5O5S2. The minimum absolute atomic E-state index is 0.0814. The summed E-state index contributed by atoms with van der Waals surface area (Å²) < 4.78 is 55.7. The number of alkyl halides is 2. The number of thiazole rings is 1. The summed E-state index contributed by atoms with van der Waals surface area (Å²) in [6.45, 7) is 2.24. The molecule has 1 aliphatic rings. The molecule has 1 saturated carbocycles. The molecule has 0 saturated heterocycles. The third-order valence-corrected chi connectivity index (χ3v) is 7.30. The molecule has 186 valence electrons. The average Bonchev–Trinajstić information content (AvgIpc) is 3.29. The lowest BCUT2D eigenvalue weighted by Crippen LogP contribution is -2.56. The van der Waals surface area contributed by atoms with Crippen molar-refractivity contribution in [2.24, 2.45) is 0 Å². The van der Waals surface area contributed by atoms with Crippen molar-refractivity contribution in [1.82, 2.24) is 20.3 Å². The van der Waals surface area contributed by atoms with Gasteiger partial charge in [-0.15, -0.1) is 11.3 Å². The fourth-order valence-electron chi connectivity index (χ4n) is 3.70. The van der Waals surface area contributed by atoms with E-state index in [2.05, 4.69) is 20.3 Å². The first-order valence-corrected chi connectivity index (χ1v) is 12.8. The predicted octanol–water partition coefficient (Wildman–Crippen LogP) is 2.74. The first-order valence-electron chi connectivity index (χ1n) is 10.4. The van der Waals surface area contributed by atoms with Crippen LogP contribution in [-0.2, 0) is 15.6 Å². The Balaban J connectivity index is 1.55. The minimum atomic E-state index is -4.86. The van der Waals surface area contributed by atoms with E-state index >= 15 is 0 Å². The Morgan fingerprint density at radius 1 is 1.31 bits per heavy atom. The van der Waals surface area contributed by atoms with Crippen LogP contribution in [-0.4, -0.2) is 52.9 Å². The maximum atomic E-state index is 13.0. The number of aromatic nitrogens is 3. The van der Waals surface area contributed by atoms with Crippen LogP contribution in [0, 0.1) is 0 Å². The summed E-state index contributed by atoms with van der Waals surface area (Å²) in [5.74, 6) is -3.77. The first-order chi connectivity index (χ1) is 16.6. The Morgan fingerprint density at radius 2 is 2.09 bits per heavy atom. The zero-order valence-corrected chi connectivity index (χ0v) is 19.9. The summed E-state index contributed by atoms with van der Waals surface area (Å²) in [7, 11) is -4.86. The van der Waals surface area contributed by atoms with E-state index in [-0.39, 0.29) is 23.5 Å². The van der Waals surface area contributed by atoms with E-state index < -0.39 is 33.3 Å². The molecule has 3 aromatic rings. The van der Waals surface area contributed by atoms with Gasteiger partial charge in [-0.25, -0.2) is 18.4 Å². The average molecular weight is 526 g/mol. The molecule has 35 heavy (non-hydrogen) atoms. The summed E-state index contributed by atoms with van der Waals surface area (Å²) in [5.41, 5.74) is -0.163. The van der Waals surface area contributed by atoms with E-state index in [9.17, 15) is 27.1 Å². The molecule has 0 radical (unpaired) electrons. The number of carbonyl (C=O) groups is 1. The molecule has 1 amide bonds. The number of benzene rings is 1. The molecule has 1 aliphatic carbocycles. The SMILES string of the molecule is CCOc1cncc(-c2cnc(C(=O)NC3(c4cccc(NS(=O)(=O)C(F)F)c4)CC(O)C3)s2)n1. The topological polar surface area (TPSA) is 143 Å². The smallest absolute Gasteiger partial charge is 0.355 e. The lowest BCUT2D eigenvalue weighted by Gasteiger charge is -2.46. The fraction of sp³-hybridized carbons (Fsp3) is 0.333. The Hall–Kier alpha value is -3.23. The van der Waals surface area contributed by atoms with Gasteiger partial charge in [-0.1, -0.05) is 12.1 Å². The highest BCUT2D eigenvalue weighted by molar-refractivity contribution is 7.93. The maximum absolute atomic E-state index is 13.0. The van der Waals surface area contributed by atoms with Gasteiger partial charge in [0.1, 0.15) is 5.69 Å². The van der Waals surface area contributed by atoms with Crippen LogP contribution < -0.4 is 14.8 Å². The number of anilines is 1. The zero-order valence-electron chi connectivity index (χ0n) is 18.3. The van der Waals surface area contributed by atoms with Crippen LogP contribution in [0.15, 0.2) is 42.9 Å². The summed E-state index contributed by atoms with van der Waals surface area (Å²) in [6, 6.07) is 5.77. The third-order valence-electron chi connectivity index (χ3n) is 5.29. The second-order valence-corrected chi connectivity index (χ2v) is 10.5. The van der Waals surface area contributed by atoms with Gasteiger partial charge in [0.2, 0.25) is 5.88 Å². The molecule has 4 rings (SSSR count). The van der Waals surface area contributed by atoms with Crippen molar-refractivity contribution < 1.29 is 31.8 Å². The molecule has 14 heteroatoms. The summed E-state index contributed by atoms with van der Waals surface area (Å²) in [5, 5.41) is 13.0. The van der Waals surface area contributed by atoms with E-state index in [0.717, 1.165) is 11.3 Å². The van der Waals surface area contributed by atoms with E-state index in [1.807, 2.05) is 11.6 Å². The van der Waals surface area contributed by atoms with Gasteiger partial charge in [-0.3, -0.25) is 14.5 Å². The highest BCUT2D eigenvalue weighted by Gasteiger charge is 2.46. The molecular weight excluding hydrogens is 504 g/mol. The number of sulfonamides is 1. The van der Waals surface area contributed by atoms with Crippen LogP contribution in [0.25, 0.3) is 10.6 Å². The fourth-order valence-corrected chi connectivity index (χ4v) is 5.01. The van der Waals surface area contributed by atoms with Crippen molar-refractivity contribution in [2.75, 3.05) is 11.3 Å². The van der Waals surface area contributed by atoms with Crippen LogP contribution in [0.2, 0.25) is 0 Å². The van der Waals surface area contributed by atoms with Crippen LogP contribution in [0.5, 0.6) is 5.88 Å². The molecule has 0 atom stereocenters. The largest absolute Gasteiger partial charge is 0.477 e. The Morgan fingerprint density at radius 3 is 2.77 bits per heavy atom. The van der Waals surface area contributed by atoms with Gasteiger partial charge in [0.25, 0.3) is 15.9 Å². The van der Waals surface area contributed by atoms with E-state index in [0.29, 0.717) is 28.6 Å². The Labute approximate surface area is 203 Å². The quantitative estimate of drug-likeness (QED) is 0.387. The molecule has 10 nitrogen and oxygen atoms in total. The van der Waals surface area contributed by atoms with Crippen molar-refractivity contribution in [2.45, 2.75) is 37.2 Å². The number of aliphatic hydroxyl groups excluding tert-OH is 1.